The van der Waals surface area contributed by atoms with Crippen molar-refractivity contribution < 1.29 is 19.4 Å². The molecule has 0 bridgehead atoms. The first kappa shape index (κ1) is 18.5. The van der Waals surface area contributed by atoms with Crippen LogP contribution in [0, 0.1) is 0 Å². The van der Waals surface area contributed by atoms with Crippen LogP contribution in [-0.2, 0) is 4.74 Å². The van der Waals surface area contributed by atoms with E-state index in [1.165, 1.54) is 30.7 Å². The van der Waals surface area contributed by atoms with Gasteiger partial charge in [-0.2, -0.15) is 0 Å². The summed E-state index contributed by atoms with van der Waals surface area (Å²) in [5.41, 5.74) is 2.80. The molecule has 4 rings (SSSR count). The van der Waals surface area contributed by atoms with Gasteiger partial charge in [0.15, 0.2) is 6.29 Å². The molecule has 146 valence electrons. The van der Waals surface area contributed by atoms with E-state index in [1.54, 1.807) is 11.0 Å². The molecule has 6 heteroatoms. The lowest BCUT2D eigenvalue weighted by Gasteiger charge is -2.33. The maximum absolute atomic E-state index is 12.9. The highest BCUT2D eigenvalue weighted by molar-refractivity contribution is 5.96. The minimum absolute atomic E-state index is 0.119. The minimum atomic E-state index is -0.173. The lowest BCUT2D eigenvalue weighted by atomic mass is 10.1. The number of carbonyl (C=O) groups excluding carboxylic acids is 2. The first-order chi connectivity index (χ1) is 13.7. The second kappa shape index (κ2) is 8.02. The number of amides is 1. The van der Waals surface area contributed by atoms with Crippen molar-refractivity contribution in [1.82, 2.24) is 4.90 Å². The van der Waals surface area contributed by atoms with Gasteiger partial charge in [0.2, 0.25) is 0 Å². The van der Waals surface area contributed by atoms with Crippen LogP contribution in [0.25, 0.3) is 0 Å². The Morgan fingerprint density at radius 2 is 1.82 bits per heavy atom. The molecule has 0 radical (unpaired) electrons. The summed E-state index contributed by atoms with van der Waals surface area (Å²) in [5.74, 6) is -0.283. The van der Waals surface area contributed by atoms with Gasteiger partial charge < -0.3 is 19.6 Å². The van der Waals surface area contributed by atoms with Gasteiger partial charge in [-0.1, -0.05) is 12.1 Å². The van der Waals surface area contributed by atoms with Crippen LogP contribution in [-0.4, -0.2) is 55.0 Å². The van der Waals surface area contributed by atoms with Crippen molar-refractivity contribution in [3.05, 3.63) is 59.2 Å². The van der Waals surface area contributed by atoms with Crippen LogP contribution in [0.4, 0.5) is 5.69 Å². The van der Waals surface area contributed by atoms with Gasteiger partial charge in [-0.05, 0) is 48.7 Å². The monoisotopic (exact) mass is 380 g/mol. The van der Waals surface area contributed by atoms with Crippen LogP contribution in [0.2, 0.25) is 0 Å². The topological polar surface area (TPSA) is 70.1 Å². The highest BCUT2D eigenvalue weighted by Crippen LogP contribution is 2.27. The van der Waals surface area contributed by atoms with Crippen molar-refractivity contribution in [2.45, 2.75) is 18.9 Å². The van der Waals surface area contributed by atoms with Gasteiger partial charge >= 0.3 is 0 Å². The van der Waals surface area contributed by atoms with Crippen LogP contribution in [0.5, 0.6) is 5.75 Å². The molecule has 1 N–H and O–H groups in total. The third kappa shape index (κ3) is 3.73. The first-order valence-electron chi connectivity index (χ1n) is 9.69. The molecule has 1 atom stereocenters. The number of ether oxygens (including phenoxy) is 1. The van der Waals surface area contributed by atoms with Crippen LogP contribution < -0.4 is 4.90 Å². The van der Waals surface area contributed by atoms with Gasteiger partial charge in [0, 0.05) is 30.9 Å². The van der Waals surface area contributed by atoms with E-state index >= 15 is 0 Å². The van der Waals surface area contributed by atoms with Crippen molar-refractivity contribution in [3.8, 4) is 5.75 Å². The summed E-state index contributed by atoms with van der Waals surface area (Å²) < 4.78 is 5.91. The van der Waals surface area contributed by atoms with Crippen LogP contribution in [0.1, 0.15) is 45.2 Å². The molecule has 2 saturated heterocycles. The van der Waals surface area contributed by atoms with Gasteiger partial charge in [0.25, 0.3) is 5.91 Å². The highest BCUT2D eigenvalue weighted by atomic mass is 16.5. The number of hydrogen-bond acceptors (Lipinski definition) is 5. The molecular formula is C22H24N2O4. The average molecular weight is 380 g/mol. The number of rotatable bonds is 4. The molecule has 1 unspecified atom stereocenters. The number of aromatic hydroxyl groups is 1. The lowest BCUT2D eigenvalue weighted by Crippen LogP contribution is -2.42. The Kier molecular flexibility index (Phi) is 5.30. The zero-order chi connectivity index (χ0) is 19.5. The lowest BCUT2D eigenvalue weighted by molar-refractivity contribution is -0.0228. The van der Waals surface area contributed by atoms with Gasteiger partial charge in [-0.3, -0.25) is 9.59 Å². The molecule has 2 fully saturated rings. The number of hydrogen-bond donors (Lipinski definition) is 1. The maximum Gasteiger partial charge on any atom is 0.254 e. The summed E-state index contributed by atoms with van der Waals surface area (Å²) in [6.07, 6.45) is 2.87. The Bertz CT molecular complexity index is 859. The second-order valence-electron chi connectivity index (χ2n) is 7.29. The van der Waals surface area contributed by atoms with Crippen LogP contribution in [0.15, 0.2) is 42.5 Å². The number of phenols is 1. The number of nitrogens with zero attached hydrogens (tertiary/aromatic N) is 2. The molecule has 2 aliphatic heterocycles. The van der Waals surface area contributed by atoms with Gasteiger partial charge in [-0.15, -0.1) is 0 Å². The van der Waals surface area contributed by atoms with Crippen LogP contribution >= 0.6 is 0 Å². The molecule has 2 aliphatic rings. The van der Waals surface area contributed by atoms with Crippen molar-refractivity contribution >= 4 is 17.9 Å². The molecule has 6 nitrogen and oxygen atoms in total. The zero-order valence-electron chi connectivity index (χ0n) is 15.7. The molecule has 28 heavy (non-hydrogen) atoms. The van der Waals surface area contributed by atoms with Crippen molar-refractivity contribution in [1.29, 1.82) is 0 Å². The summed E-state index contributed by atoms with van der Waals surface area (Å²) in [6.45, 7) is 3.63. The number of aldehydes is 1. The summed E-state index contributed by atoms with van der Waals surface area (Å²) >= 11 is 0. The summed E-state index contributed by atoms with van der Waals surface area (Å²) in [6, 6.07) is 12.8. The van der Waals surface area contributed by atoms with Gasteiger partial charge in [-0.25, -0.2) is 0 Å². The smallest absolute Gasteiger partial charge is 0.254 e. The SMILES string of the molecule is O=Cc1cc(C(=O)N2CCOC(c3ccc(N4CCCC4)cc3)C2)ccc1O. The Hall–Kier alpha value is -2.86. The van der Waals surface area contributed by atoms with E-state index in [9.17, 15) is 14.7 Å². The third-order valence-electron chi connectivity index (χ3n) is 5.49. The molecule has 0 saturated carbocycles. The summed E-state index contributed by atoms with van der Waals surface area (Å²) in [7, 11) is 0. The number of carbonyl (C=O) groups is 2. The van der Waals surface area contributed by atoms with Crippen molar-refractivity contribution in [2.75, 3.05) is 37.7 Å². The molecule has 0 aliphatic carbocycles. The molecule has 2 aromatic rings. The standard InChI is InChI=1S/C22H24N2O4/c25-15-18-13-17(5-8-20(18)26)22(27)24-11-12-28-21(14-24)16-3-6-19(7-4-16)23-9-1-2-10-23/h3-8,13,15,21,26H,1-2,9-12,14H2. The van der Waals surface area contributed by atoms with E-state index in [-0.39, 0.29) is 23.3 Å². The Balaban J connectivity index is 1.46. The maximum atomic E-state index is 12.9. The Morgan fingerprint density at radius 1 is 1.07 bits per heavy atom. The molecule has 1 amide bonds. The fraction of sp³-hybridized carbons (Fsp3) is 0.364. The molecular weight excluding hydrogens is 356 g/mol. The van der Waals surface area contributed by atoms with E-state index in [1.807, 2.05) is 0 Å². The van der Waals surface area contributed by atoms with Crippen molar-refractivity contribution in [3.63, 3.8) is 0 Å². The quantitative estimate of drug-likeness (QED) is 0.826. The third-order valence-corrected chi connectivity index (χ3v) is 5.49. The first-order valence-corrected chi connectivity index (χ1v) is 9.69. The Labute approximate surface area is 164 Å². The van der Waals surface area contributed by atoms with Crippen LogP contribution in [0.3, 0.4) is 0 Å². The van der Waals surface area contributed by atoms with E-state index < -0.39 is 0 Å². The predicted molar refractivity (Wildman–Crippen MR) is 106 cm³/mol. The number of morpholine rings is 1. The highest BCUT2D eigenvalue weighted by Gasteiger charge is 2.26. The zero-order valence-corrected chi connectivity index (χ0v) is 15.7. The number of benzene rings is 2. The van der Waals surface area contributed by atoms with E-state index in [0.29, 0.717) is 31.5 Å². The Morgan fingerprint density at radius 3 is 2.54 bits per heavy atom. The number of anilines is 1. The van der Waals surface area contributed by atoms with E-state index in [0.717, 1.165) is 18.7 Å². The van der Waals surface area contributed by atoms with Gasteiger partial charge in [0.1, 0.15) is 11.9 Å². The second-order valence-corrected chi connectivity index (χ2v) is 7.29. The molecule has 0 aromatic heterocycles. The predicted octanol–water partition coefficient (Wildman–Crippen LogP) is 3.02. The summed E-state index contributed by atoms with van der Waals surface area (Å²) in [4.78, 5) is 28.0. The van der Waals surface area contributed by atoms with Gasteiger partial charge in [0.05, 0.1) is 18.7 Å². The summed E-state index contributed by atoms with van der Waals surface area (Å²) in [5, 5.41) is 9.64. The van der Waals surface area contributed by atoms with Crippen molar-refractivity contribution in [2.24, 2.45) is 0 Å². The minimum Gasteiger partial charge on any atom is -0.507 e. The molecule has 2 heterocycles. The normalized spacial score (nSPS) is 19.6. The average Bonchev–Trinajstić information content (AvgIpc) is 3.29. The number of phenolic OH excluding ortho intramolecular Hbond substituents is 1. The fourth-order valence-electron chi connectivity index (χ4n) is 3.88. The largest absolute Gasteiger partial charge is 0.507 e. The van der Waals surface area contributed by atoms with E-state index in [2.05, 4.69) is 29.2 Å². The molecule has 2 aromatic carbocycles. The molecule has 0 spiro atoms. The van der Waals surface area contributed by atoms with E-state index in [4.69, 9.17) is 4.74 Å². The fourth-order valence-corrected chi connectivity index (χ4v) is 3.88.